The number of aryl methyl sites for hydroxylation is 1. The summed E-state index contributed by atoms with van der Waals surface area (Å²) in [4.78, 5) is 27.3. The third-order valence-electron chi connectivity index (χ3n) is 4.97. The van der Waals surface area contributed by atoms with E-state index in [4.69, 9.17) is 0 Å². The molecule has 1 atom stereocenters. The van der Waals surface area contributed by atoms with Gasteiger partial charge in [-0.3, -0.25) is 9.59 Å². The minimum absolute atomic E-state index is 0.0635. The molecular formula is C21H20FN3O2. The summed E-state index contributed by atoms with van der Waals surface area (Å²) in [6.45, 7) is 1.44. The number of aromatic amines is 1. The average Bonchev–Trinajstić information content (AvgIpc) is 2.98. The molecule has 27 heavy (non-hydrogen) atoms. The first-order chi connectivity index (χ1) is 13.0. The Morgan fingerprint density at radius 2 is 1.89 bits per heavy atom. The molecule has 1 aliphatic rings. The molecule has 0 radical (unpaired) electrons. The minimum atomic E-state index is -0.273. The number of anilines is 2. The maximum Gasteiger partial charge on any atom is 0.227 e. The lowest BCUT2D eigenvalue weighted by Crippen LogP contribution is -2.28. The Balaban J connectivity index is 1.52. The van der Waals surface area contributed by atoms with Crippen LogP contribution >= 0.6 is 0 Å². The SMILES string of the molecule is CC(=O)Nc1cccc(NC(=O)C2CCc3[nH]c4ccc(F)cc4c3C2)c1. The van der Waals surface area contributed by atoms with Crippen LogP contribution < -0.4 is 10.6 Å². The lowest BCUT2D eigenvalue weighted by atomic mass is 9.85. The van der Waals surface area contributed by atoms with Crippen molar-refractivity contribution >= 4 is 34.1 Å². The summed E-state index contributed by atoms with van der Waals surface area (Å²) in [5, 5.41) is 6.49. The van der Waals surface area contributed by atoms with Crippen LogP contribution in [0, 0.1) is 11.7 Å². The highest BCUT2D eigenvalue weighted by atomic mass is 19.1. The minimum Gasteiger partial charge on any atom is -0.358 e. The summed E-state index contributed by atoms with van der Waals surface area (Å²) in [6, 6.07) is 11.8. The van der Waals surface area contributed by atoms with Crippen molar-refractivity contribution in [2.45, 2.75) is 26.2 Å². The molecule has 1 aliphatic carbocycles. The van der Waals surface area contributed by atoms with Crippen molar-refractivity contribution in [1.29, 1.82) is 0 Å². The molecule has 0 saturated carbocycles. The van der Waals surface area contributed by atoms with Crippen LogP contribution in [-0.4, -0.2) is 16.8 Å². The summed E-state index contributed by atoms with van der Waals surface area (Å²) < 4.78 is 13.6. The van der Waals surface area contributed by atoms with Gasteiger partial charge in [-0.1, -0.05) is 6.07 Å². The molecule has 138 valence electrons. The summed E-state index contributed by atoms with van der Waals surface area (Å²) in [5.41, 5.74) is 4.31. The second kappa shape index (κ2) is 6.87. The predicted molar refractivity (Wildman–Crippen MR) is 103 cm³/mol. The number of H-pyrrole nitrogens is 1. The van der Waals surface area contributed by atoms with Crippen molar-refractivity contribution in [1.82, 2.24) is 4.98 Å². The van der Waals surface area contributed by atoms with Crippen molar-refractivity contribution < 1.29 is 14.0 Å². The van der Waals surface area contributed by atoms with Crippen LogP contribution in [0.3, 0.4) is 0 Å². The summed E-state index contributed by atoms with van der Waals surface area (Å²) in [6.07, 6.45) is 2.07. The standard InChI is InChI=1S/C21H20FN3O2/c1-12(26)23-15-3-2-4-16(11-15)24-21(27)13-5-7-19-17(9-13)18-10-14(22)6-8-20(18)25-19/h2-4,6,8,10-11,13,25H,5,7,9H2,1H3,(H,23,26)(H,24,27). The van der Waals surface area contributed by atoms with Gasteiger partial charge in [-0.25, -0.2) is 4.39 Å². The molecule has 3 N–H and O–H groups in total. The molecule has 2 aromatic carbocycles. The van der Waals surface area contributed by atoms with Gasteiger partial charge in [0.25, 0.3) is 0 Å². The first kappa shape index (κ1) is 17.3. The Bertz CT molecular complexity index is 1040. The topological polar surface area (TPSA) is 74.0 Å². The van der Waals surface area contributed by atoms with Crippen LogP contribution in [0.5, 0.6) is 0 Å². The second-order valence-electron chi connectivity index (χ2n) is 6.96. The Morgan fingerprint density at radius 3 is 2.67 bits per heavy atom. The van der Waals surface area contributed by atoms with Crippen LogP contribution in [0.2, 0.25) is 0 Å². The number of aromatic nitrogens is 1. The molecule has 0 bridgehead atoms. The molecule has 1 aromatic heterocycles. The monoisotopic (exact) mass is 365 g/mol. The Labute approximate surface area is 156 Å². The zero-order valence-electron chi connectivity index (χ0n) is 14.9. The van der Waals surface area contributed by atoms with Crippen LogP contribution in [0.4, 0.5) is 15.8 Å². The van der Waals surface area contributed by atoms with Crippen LogP contribution in [0.25, 0.3) is 10.9 Å². The fourth-order valence-electron chi connectivity index (χ4n) is 3.74. The molecule has 1 unspecified atom stereocenters. The zero-order chi connectivity index (χ0) is 19.0. The van der Waals surface area contributed by atoms with Crippen molar-refractivity contribution in [3.05, 3.63) is 59.5 Å². The van der Waals surface area contributed by atoms with Gasteiger partial charge in [-0.15, -0.1) is 0 Å². The number of hydrogen-bond acceptors (Lipinski definition) is 2. The lowest BCUT2D eigenvalue weighted by Gasteiger charge is -2.22. The largest absolute Gasteiger partial charge is 0.358 e. The summed E-state index contributed by atoms with van der Waals surface area (Å²) >= 11 is 0. The molecule has 1 heterocycles. The van der Waals surface area contributed by atoms with Crippen molar-refractivity contribution in [2.75, 3.05) is 10.6 Å². The average molecular weight is 365 g/mol. The maximum atomic E-state index is 13.6. The van der Waals surface area contributed by atoms with Gasteiger partial charge in [-0.2, -0.15) is 0 Å². The number of carbonyl (C=O) groups is 2. The smallest absolute Gasteiger partial charge is 0.227 e. The van der Waals surface area contributed by atoms with Gasteiger partial charge in [0.15, 0.2) is 0 Å². The highest BCUT2D eigenvalue weighted by Gasteiger charge is 2.27. The molecule has 3 aromatic rings. The van der Waals surface area contributed by atoms with Crippen LogP contribution in [0.15, 0.2) is 42.5 Å². The van der Waals surface area contributed by atoms with Crippen LogP contribution in [0.1, 0.15) is 24.6 Å². The molecule has 0 aliphatic heterocycles. The van der Waals surface area contributed by atoms with Gasteiger partial charge in [0.1, 0.15) is 5.82 Å². The van der Waals surface area contributed by atoms with Gasteiger partial charge >= 0.3 is 0 Å². The fraction of sp³-hybridized carbons (Fsp3) is 0.238. The normalized spacial score (nSPS) is 16.0. The number of halogens is 1. The van der Waals surface area contributed by atoms with E-state index in [0.29, 0.717) is 17.8 Å². The van der Waals surface area contributed by atoms with Gasteiger partial charge in [0.05, 0.1) is 0 Å². The van der Waals surface area contributed by atoms with E-state index in [1.54, 1.807) is 30.3 Å². The number of carbonyl (C=O) groups excluding carboxylic acids is 2. The first-order valence-corrected chi connectivity index (χ1v) is 8.97. The highest BCUT2D eigenvalue weighted by Crippen LogP contribution is 2.32. The highest BCUT2D eigenvalue weighted by molar-refractivity contribution is 5.95. The maximum absolute atomic E-state index is 13.6. The number of benzene rings is 2. The number of fused-ring (bicyclic) bond motifs is 3. The van der Waals surface area contributed by atoms with Gasteiger partial charge in [0, 0.05) is 40.8 Å². The zero-order valence-corrected chi connectivity index (χ0v) is 14.9. The Hall–Kier alpha value is -3.15. The van der Waals surface area contributed by atoms with E-state index in [0.717, 1.165) is 35.0 Å². The quantitative estimate of drug-likeness (QED) is 0.656. The fourth-order valence-corrected chi connectivity index (χ4v) is 3.74. The molecule has 2 amide bonds. The van der Waals surface area contributed by atoms with Gasteiger partial charge in [-0.05, 0) is 61.2 Å². The summed E-state index contributed by atoms with van der Waals surface area (Å²) in [7, 11) is 0. The molecule has 6 heteroatoms. The van der Waals surface area contributed by atoms with E-state index in [9.17, 15) is 14.0 Å². The first-order valence-electron chi connectivity index (χ1n) is 8.97. The van der Waals surface area contributed by atoms with E-state index < -0.39 is 0 Å². The number of amides is 2. The third-order valence-corrected chi connectivity index (χ3v) is 4.97. The van der Waals surface area contributed by atoms with E-state index >= 15 is 0 Å². The van der Waals surface area contributed by atoms with Crippen molar-refractivity contribution in [2.24, 2.45) is 5.92 Å². The number of hydrogen-bond donors (Lipinski definition) is 3. The number of nitrogens with one attached hydrogen (secondary N) is 3. The van der Waals surface area contributed by atoms with E-state index in [1.807, 2.05) is 0 Å². The molecule has 4 rings (SSSR count). The Kier molecular flexibility index (Phi) is 4.39. The van der Waals surface area contributed by atoms with Gasteiger partial charge < -0.3 is 15.6 Å². The second-order valence-corrected chi connectivity index (χ2v) is 6.96. The molecule has 0 spiro atoms. The van der Waals surface area contributed by atoms with E-state index in [2.05, 4.69) is 15.6 Å². The molecule has 0 fully saturated rings. The number of rotatable bonds is 3. The molecule has 5 nitrogen and oxygen atoms in total. The van der Waals surface area contributed by atoms with Crippen molar-refractivity contribution in [3.63, 3.8) is 0 Å². The molecule has 0 saturated heterocycles. The van der Waals surface area contributed by atoms with Crippen LogP contribution in [-0.2, 0) is 22.4 Å². The van der Waals surface area contributed by atoms with Gasteiger partial charge in [0.2, 0.25) is 11.8 Å². The van der Waals surface area contributed by atoms with E-state index in [-0.39, 0.29) is 23.5 Å². The predicted octanol–water partition coefficient (Wildman–Crippen LogP) is 4.01. The lowest BCUT2D eigenvalue weighted by molar-refractivity contribution is -0.120. The van der Waals surface area contributed by atoms with E-state index in [1.165, 1.54) is 19.1 Å². The van der Waals surface area contributed by atoms with Crippen molar-refractivity contribution in [3.8, 4) is 0 Å². The third kappa shape index (κ3) is 3.56. The Morgan fingerprint density at radius 1 is 1.11 bits per heavy atom. The summed E-state index contributed by atoms with van der Waals surface area (Å²) in [5.74, 6) is -0.675. The molecular weight excluding hydrogens is 345 g/mol.